The van der Waals surface area contributed by atoms with E-state index in [0.717, 1.165) is 24.1 Å². The summed E-state index contributed by atoms with van der Waals surface area (Å²) in [5, 5.41) is 0. The van der Waals surface area contributed by atoms with Crippen molar-refractivity contribution in [2.45, 2.75) is 44.6 Å². The zero-order valence-corrected chi connectivity index (χ0v) is 16.3. The van der Waals surface area contributed by atoms with Gasteiger partial charge in [0.25, 0.3) is 10.0 Å². The molecule has 1 atom stereocenters. The smallest absolute Gasteiger partial charge is 0.264 e. The second-order valence-electron chi connectivity index (χ2n) is 6.29. The van der Waals surface area contributed by atoms with E-state index in [1.807, 2.05) is 45.0 Å². The first-order valence-electron chi connectivity index (χ1n) is 9.01. The number of sulfonamides is 1. The first-order chi connectivity index (χ1) is 12.5. The van der Waals surface area contributed by atoms with Gasteiger partial charge in [0.2, 0.25) is 0 Å². The highest BCUT2D eigenvalue weighted by molar-refractivity contribution is 7.92. The van der Waals surface area contributed by atoms with Gasteiger partial charge in [-0.2, -0.15) is 0 Å². The van der Waals surface area contributed by atoms with Gasteiger partial charge < -0.3 is 9.47 Å². The van der Waals surface area contributed by atoms with Crippen LogP contribution in [0.4, 0.5) is 5.69 Å². The van der Waals surface area contributed by atoms with E-state index in [-0.39, 0.29) is 10.9 Å². The summed E-state index contributed by atoms with van der Waals surface area (Å²) in [6.07, 6.45) is 1.68. The second kappa shape index (κ2) is 7.58. The van der Waals surface area contributed by atoms with Gasteiger partial charge in [-0.05, 0) is 57.4 Å². The summed E-state index contributed by atoms with van der Waals surface area (Å²) in [6, 6.07) is 12.4. The van der Waals surface area contributed by atoms with Crippen molar-refractivity contribution in [2.24, 2.45) is 0 Å². The van der Waals surface area contributed by atoms with Gasteiger partial charge in [0.1, 0.15) is 0 Å². The molecular formula is C20H25NO4S. The molecule has 2 aromatic carbocycles. The zero-order chi connectivity index (χ0) is 18.7. The summed E-state index contributed by atoms with van der Waals surface area (Å²) in [6.45, 7) is 6.62. The number of rotatable bonds is 6. The van der Waals surface area contributed by atoms with E-state index in [1.165, 1.54) is 4.31 Å². The lowest BCUT2D eigenvalue weighted by molar-refractivity contribution is 0.287. The van der Waals surface area contributed by atoms with E-state index in [1.54, 1.807) is 18.2 Å². The molecule has 0 N–H and O–H groups in total. The number of nitrogens with zero attached hydrogens (tertiary/aromatic N) is 1. The SMILES string of the molecule is CCOc1ccc(S(=O)(=O)N2c3ccccc3CC[C@@H]2C)cc1OCC. The van der Waals surface area contributed by atoms with Crippen molar-refractivity contribution < 1.29 is 17.9 Å². The first kappa shape index (κ1) is 18.6. The van der Waals surface area contributed by atoms with Gasteiger partial charge in [-0.15, -0.1) is 0 Å². The Morgan fingerprint density at radius 3 is 2.46 bits per heavy atom. The van der Waals surface area contributed by atoms with Crippen molar-refractivity contribution in [1.29, 1.82) is 0 Å². The van der Waals surface area contributed by atoms with E-state index >= 15 is 0 Å². The minimum Gasteiger partial charge on any atom is -0.490 e. The average molecular weight is 375 g/mol. The summed E-state index contributed by atoms with van der Waals surface area (Å²) in [5.74, 6) is 1.01. The fourth-order valence-electron chi connectivity index (χ4n) is 3.33. The molecule has 3 rings (SSSR count). The molecule has 0 aliphatic carbocycles. The van der Waals surface area contributed by atoms with Crippen molar-refractivity contribution in [3.05, 3.63) is 48.0 Å². The minimum absolute atomic E-state index is 0.1000. The van der Waals surface area contributed by atoms with Crippen molar-refractivity contribution in [3.8, 4) is 11.5 Å². The van der Waals surface area contributed by atoms with Gasteiger partial charge in [-0.25, -0.2) is 8.42 Å². The Bertz CT molecular complexity index is 879. The standard InChI is InChI=1S/C20H25NO4S/c1-4-24-19-13-12-17(14-20(19)25-5-2)26(22,23)21-15(3)10-11-16-8-6-7-9-18(16)21/h6-9,12-15H,4-5,10-11H2,1-3H3/t15-/m0/s1. The highest BCUT2D eigenvalue weighted by atomic mass is 32.2. The molecule has 0 unspecified atom stereocenters. The van der Waals surface area contributed by atoms with Crippen molar-refractivity contribution >= 4 is 15.7 Å². The number of ether oxygens (including phenoxy) is 2. The van der Waals surface area contributed by atoms with Gasteiger partial charge in [-0.3, -0.25) is 4.31 Å². The van der Waals surface area contributed by atoms with Gasteiger partial charge in [0, 0.05) is 12.1 Å². The van der Waals surface area contributed by atoms with Crippen molar-refractivity contribution in [3.63, 3.8) is 0 Å². The molecule has 0 spiro atoms. The fraction of sp³-hybridized carbons (Fsp3) is 0.400. The van der Waals surface area contributed by atoms with Crippen LogP contribution in [0.5, 0.6) is 11.5 Å². The summed E-state index contributed by atoms with van der Waals surface area (Å²) >= 11 is 0. The van der Waals surface area contributed by atoms with E-state index in [4.69, 9.17) is 9.47 Å². The Morgan fingerprint density at radius 1 is 1.04 bits per heavy atom. The summed E-state index contributed by atoms with van der Waals surface area (Å²) in [5.41, 5.74) is 1.82. The molecule has 1 aliphatic heterocycles. The lowest BCUT2D eigenvalue weighted by Crippen LogP contribution is -2.42. The molecule has 0 saturated heterocycles. The molecule has 1 heterocycles. The van der Waals surface area contributed by atoms with Crippen LogP contribution in [0, 0.1) is 0 Å². The Hall–Kier alpha value is -2.21. The quantitative estimate of drug-likeness (QED) is 0.765. The second-order valence-corrected chi connectivity index (χ2v) is 8.11. The third-order valence-electron chi connectivity index (χ3n) is 4.53. The van der Waals surface area contributed by atoms with Crippen LogP contribution < -0.4 is 13.8 Å². The molecule has 5 nitrogen and oxygen atoms in total. The first-order valence-corrected chi connectivity index (χ1v) is 10.4. The Balaban J connectivity index is 2.07. The monoisotopic (exact) mass is 375 g/mol. The maximum Gasteiger partial charge on any atom is 0.264 e. The van der Waals surface area contributed by atoms with E-state index in [0.29, 0.717) is 24.7 Å². The maximum atomic E-state index is 13.4. The number of anilines is 1. The average Bonchev–Trinajstić information content (AvgIpc) is 2.63. The Labute approximate surface area is 155 Å². The number of fused-ring (bicyclic) bond motifs is 1. The predicted molar refractivity (Wildman–Crippen MR) is 103 cm³/mol. The molecule has 2 aromatic rings. The van der Waals surface area contributed by atoms with Crippen LogP contribution in [-0.4, -0.2) is 27.7 Å². The van der Waals surface area contributed by atoms with Crippen LogP contribution >= 0.6 is 0 Å². The normalized spacial score (nSPS) is 16.9. The van der Waals surface area contributed by atoms with Gasteiger partial charge in [0.15, 0.2) is 11.5 Å². The fourth-order valence-corrected chi connectivity index (χ4v) is 5.07. The highest BCUT2D eigenvalue weighted by Crippen LogP contribution is 2.37. The van der Waals surface area contributed by atoms with E-state index < -0.39 is 10.0 Å². The van der Waals surface area contributed by atoms with Crippen LogP contribution in [0.3, 0.4) is 0 Å². The highest BCUT2D eigenvalue weighted by Gasteiger charge is 2.34. The molecule has 1 aliphatic rings. The van der Waals surface area contributed by atoms with Gasteiger partial charge in [-0.1, -0.05) is 18.2 Å². The lowest BCUT2D eigenvalue weighted by atomic mass is 9.99. The lowest BCUT2D eigenvalue weighted by Gasteiger charge is -2.36. The molecular weight excluding hydrogens is 350 g/mol. The van der Waals surface area contributed by atoms with E-state index in [2.05, 4.69) is 0 Å². The maximum absolute atomic E-state index is 13.4. The third-order valence-corrected chi connectivity index (χ3v) is 6.46. The van der Waals surface area contributed by atoms with Crippen LogP contribution in [0.15, 0.2) is 47.4 Å². The van der Waals surface area contributed by atoms with Gasteiger partial charge >= 0.3 is 0 Å². The summed E-state index contributed by atoms with van der Waals surface area (Å²) < 4.78 is 39.5. The molecule has 0 radical (unpaired) electrons. The molecule has 0 saturated carbocycles. The van der Waals surface area contributed by atoms with Crippen LogP contribution in [0.1, 0.15) is 32.8 Å². The largest absolute Gasteiger partial charge is 0.490 e. The molecule has 0 fully saturated rings. The minimum atomic E-state index is -3.70. The van der Waals surface area contributed by atoms with Crippen molar-refractivity contribution in [1.82, 2.24) is 0 Å². The number of para-hydroxylation sites is 1. The Morgan fingerprint density at radius 2 is 1.73 bits per heavy atom. The number of hydrogen-bond acceptors (Lipinski definition) is 4. The molecule has 0 aromatic heterocycles. The molecule has 6 heteroatoms. The summed E-state index contributed by atoms with van der Waals surface area (Å²) in [7, 11) is -3.70. The molecule has 0 amide bonds. The molecule has 140 valence electrons. The third kappa shape index (κ3) is 3.38. The number of benzene rings is 2. The number of hydrogen-bond donors (Lipinski definition) is 0. The Kier molecular flexibility index (Phi) is 5.41. The number of aryl methyl sites for hydroxylation is 1. The predicted octanol–water partition coefficient (Wildman–Crippen LogP) is 4.01. The van der Waals surface area contributed by atoms with Crippen LogP contribution in [-0.2, 0) is 16.4 Å². The van der Waals surface area contributed by atoms with Gasteiger partial charge in [0.05, 0.1) is 23.8 Å². The van der Waals surface area contributed by atoms with Crippen molar-refractivity contribution in [2.75, 3.05) is 17.5 Å². The van der Waals surface area contributed by atoms with E-state index in [9.17, 15) is 8.42 Å². The molecule has 0 bridgehead atoms. The summed E-state index contributed by atoms with van der Waals surface area (Å²) in [4.78, 5) is 0.216. The van der Waals surface area contributed by atoms with Crippen LogP contribution in [0.2, 0.25) is 0 Å². The zero-order valence-electron chi connectivity index (χ0n) is 15.4. The molecule has 26 heavy (non-hydrogen) atoms. The topological polar surface area (TPSA) is 55.8 Å². The van der Waals surface area contributed by atoms with Crippen LogP contribution in [0.25, 0.3) is 0 Å².